The van der Waals surface area contributed by atoms with Crippen LogP contribution in [0, 0.1) is 0 Å². The molecule has 0 bridgehead atoms. The summed E-state index contributed by atoms with van der Waals surface area (Å²) in [5.41, 5.74) is 1.69. The van der Waals surface area contributed by atoms with Gasteiger partial charge < -0.3 is 24.6 Å². The molecule has 1 saturated carbocycles. The van der Waals surface area contributed by atoms with E-state index in [4.69, 9.17) is 26.1 Å². The molecular weight excluding hydrogens is 490 g/mol. The number of rotatable bonds is 5. The van der Waals surface area contributed by atoms with Gasteiger partial charge in [0, 0.05) is 56.8 Å². The fourth-order valence-electron chi connectivity index (χ4n) is 4.45. The molecule has 0 atom stereocenters. The summed E-state index contributed by atoms with van der Waals surface area (Å²) >= 11 is 6.41. The number of benzene rings is 1. The minimum absolute atomic E-state index is 0.164. The Morgan fingerprint density at radius 1 is 1.09 bits per heavy atom. The minimum atomic E-state index is -3.13. The molecule has 1 aromatic rings. The van der Waals surface area contributed by atoms with E-state index in [1.165, 1.54) is 0 Å². The molecule has 35 heavy (non-hydrogen) atoms. The predicted octanol–water partition coefficient (Wildman–Crippen LogP) is 2.83. The van der Waals surface area contributed by atoms with E-state index in [0.717, 1.165) is 48.7 Å². The Kier molecular flexibility index (Phi) is 6.69. The van der Waals surface area contributed by atoms with E-state index in [1.54, 1.807) is 24.6 Å². The second-order valence-electron chi connectivity index (χ2n) is 8.83. The lowest BCUT2D eigenvalue weighted by atomic mass is 10.1. The van der Waals surface area contributed by atoms with Crippen LogP contribution in [0.2, 0.25) is 5.02 Å². The Hall–Kier alpha value is -2.69. The molecule has 0 spiro atoms. The Balaban J connectivity index is 1.34. The number of ether oxygens (including phenoxy) is 2. The van der Waals surface area contributed by atoms with Crippen LogP contribution in [0.3, 0.4) is 0 Å². The van der Waals surface area contributed by atoms with Crippen molar-refractivity contribution in [3.8, 4) is 11.5 Å². The van der Waals surface area contributed by atoms with Gasteiger partial charge in [0.05, 0.1) is 30.2 Å². The van der Waals surface area contributed by atoms with Gasteiger partial charge in [0.1, 0.15) is 23.2 Å². The predicted molar refractivity (Wildman–Crippen MR) is 137 cm³/mol. The van der Waals surface area contributed by atoms with Crippen molar-refractivity contribution in [1.29, 1.82) is 0 Å². The third-order valence-corrected chi connectivity index (χ3v) is 9.26. The minimum Gasteiger partial charge on any atom is -0.496 e. The summed E-state index contributed by atoms with van der Waals surface area (Å²) in [5, 5.41) is 3.80. The van der Waals surface area contributed by atoms with Crippen molar-refractivity contribution in [2.75, 3.05) is 46.9 Å². The Bertz CT molecular complexity index is 1210. The molecule has 1 N–H and O–H groups in total. The zero-order valence-electron chi connectivity index (χ0n) is 19.9. The normalized spacial score (nSPS) is 24.1. The van der Waals surface area contributed by atoms with Gasteiger partial charge in [0.2, 0.25) is 10.0 Å². The molecule has 2 fully saturated rings. The number of fused-ring (bicyclic) bond motifs is 1. The van der Waals surface area contributed by atoms with E-state index in [-0.39, 0.29) is 5.25 Å². The van der Waals surface area contributed by atoms with Crippen LogP contribution in [0.25, 0.3) is 5.70 Å². The number of sulfonamides is 1. The van der Waals surface area contributed by atoms with Gasteiger partial charge in [-0.3, -0.25) is 0 Å². The standard InChI is InChI=1S/C24H30ClN5O4S/c1-33-21-15-22(34-2)19(25)14-18(21)20-16-29-9-7-24(27-23(29)4-3-8-26-20)28-10-12-30(13-11-28)35(31,32)17-5-6-17/h4,7,9,14-17,26H,3,5-6,8,10-13H2,1-2H3/b20-16-,23-4+. The van der Waals surface area contributed by atoms with E-state index >= 15 is 0 Å². The number of aliphatic imine (C=N–C) groups is 1. The monoisotopic (exact) mass is 519 g/mol. The van der Waals surface area contributed by atoms with Crippen molar-refractivity contribution >= 4 is 33.2 Å². The topological polar surface area (TPSA) is 86.7 Å². The third kappa shape index (κ3) is 4.87. The number of amidine groups is 1. The molecule has 1 aromatic carbocycles. The molecule has 3 heterocycles. The van der Waals surface area contributed by atoms with Crippen LogP contribution in [-0.4, -0.2) is 80.6 Å². The van der Waals surface area contributed by atoms with Gasteiger partial charge in [-0.2, -0.15) is 4.31 Å². The molecule has 1 aliphatic carbocycles. The van der Waals surface area contributed by atoms with Crippen molar-refractivity contribution in [2.45, 2.75) is 24.5 Å². The lowest BCUT2D eigenvalue weighted by molar-refractivity contribution is 0.265. The Morgan fingerprint density at radius 3 is 2.51 bits per heavy atom. The maximum atomic E-state index is 12.6. The summed E-state index contributed by atoms with van der Waals surface area (Å²) < 4.78 is 37.7. The van der Waals surface area contributed by atoms with E-state index in [2.05, 4.69) is 16.3 Å². The van der Waals surface area contributed by atoms with E-state index in [1.807, 2.05) is 29.4 Å². The van der Waals surface area contributed by atoms with Crippen LogP contribution < -0.4 is 14.8 Å². The van der Waals surface area contributed by atoms with Gasteiger partial charge in [0.15, 0.2) is 0 Å². The van der Waals surface area contributed by atoms with E-state index in [9.17, 15) is 8.42 Å². The summed E-state index contributed by atoms with van der Waals surface area (Å²) in [6.45, 7) is 2.99. The molecular formula is C24H30ClN5O4S. The Morgan fingerprint density at radius 2 is 1.83 bits per heavy atom. The SMILES string of the molecule is COc1cc(OC)c(/C2=C/N3C=CC(N4CCN(S(=O)(=O)C5CC5)CC4)=N/C3=C\CCN2)cc1Cl. The van der Waals surface area contributed by atoms with E-state index < -0.39 is 10.0 Å². The summed E-state index contributed by atoms with van der Waals surface area (Å²) in [6.07, 6.45) is 10.4. The highest BCUT2D eigenvalue weighted by Gasteiger charge is 2.41. The smallest absolute Gasteiger partial charge is 0.217 e. The number of nitrogens with zero attached hydrogens (tertiary/aromatic N) is 4. The molecule has 188 valence electrons. The van der Waals surface area contributed by atoms with Crippen LogP contribution in [0.1, 0.15) is 24.8 Å². The number of halogens is 1. The first-order valence-corrected chi connectivity index (χ1v) is 13.7. The maximum Gasteiger partial charge on any atom is 0.217 e. The molecule has 4 aliphatic rings. The molecule has 0 radical (unpaired) electrons. The van der Waals surface area contributed by atoms with Crippen LogP contribution in [0.5, 0.6) is 11.5 Å². The van der Waals surface area contributed by atoms with Gasteiger partial charge in [-0.05, 0) is 37.5 Å². The van der Waals surface area contributed by atoms with Crippen LogP contribution in [-0.2, 0) is 10.0 Å². The van der Waals surface area contributed by atoms with Gasteiger partial charge in [0.25, 0.3) is 0 Å². The van der Waals surface area contributed by atoms with Crippen molar-refractivity contribution < 1.29 is 17.9 Å². The summed E-state index contributed by atoms with van der Waals surface area (Å²) in [7, 11) is 0.0634. The van der Waals surface area contributed by atoms with Gasteiger partial charge >= 0.3 is 0 Å². The van der Waals surface area contributed by atoms with Crippen molar-refractivity contribution in [3.05, 3.63) is 53.1 Å². The molecule has 9 nitrogen and oxygen atoms in total. The van der Waals surface area contributed by atoms with Crippen molar-refractivity contribution in [2.24, 2.45) is 4.99 Å². The lowest BCUT2D eigenvalue weighted by Gasteiger charge is -2.36. The fraction of sp³-hybridized carbons (Fsp3) is 0.458. The second-order valence-corrected chi connectivity index (χ2v) is 11.5. The largest absolute Gasteiger partial charge is 0.496 e. The Labute approximate surface area is 211 Å². The summed E-state index contributed by atoms with van der Waals surface area (Å²) in [6, 6.07) is 3.61. The first-order valence-electron chi connectivity index (χ1n) is 11.8. The highest BCUT2D eigenvalue weighted by atomic mass is 35.5. The van der Waals surface area contributed by atoms with Gasteiger partial charge in [-0.25, -0.2) is 13.4 Å². The van der Waals surface area contributed by atoms with Gasteiger partial charge in [-0.15, -0.1) is 0 Å². The number of nitrogens with one attached hydrogen (secondary N) is 1. The molecule has 5 rings (SSSR count). The van der Waals surface area contributed by atoms with Crippen LogP contribution in [0.4, 0.5) is 0 Å². The van der Waals surface area contributed by atoms with Gasteiger partial charge in [-0.1, -0.05) is 11.6 Å². The van der Waals surface area contributed by atoms with E-state index in [0.29, 0.717) is 42.7 Å². The average molecular weight is 520 g/mol. The number of methoxy groups -OCH3 is 2. The van der Waals surface area contributed by atoms with Crippen LogP contribution >= 0.6 is 11.6 Å². The average Bonchev–Trinajstić information content (AvgIpc) is 3.71. The molecule has 3 aliphatic heterocycles. The zero-order chi connectivity index (χ0) is 24.6. The highest BCUT2D eigenvalue weighted by Crippen LogP contribution is 2.36. The summed E-state index contributed by atoms with van der Waals surface area (Å²) in [4.78, 5) is 9.03. The third-order valence-electron chi connectivity index (χ3n) is 6.56. The lowest BCUT2D eigenvalue weighted by Crippen LogP contribution is -2.51. The highest BCUT2D eigenvalue weighted by molar-refractivity contribution is 7.90. The first-order chi connectivity index (χ1) is 16.9. The van der Waals surface area contributed by atoms with Crippen LogP contribution in [0.15, 0.2) is 47.5 Å². The summed E-state index contributed by atoms with van der Waals surface area (Å²) in [5.74, 6) is 2.88. The molecule has 0 amide bonds. The molecule has 11 heteroatoms. The molecule has 1 saturated heterocycles. The molecule has 0 aromatic heterocycles. The quantitative estimate of drug-likeness (QED) is 0.640. The number of hydrogen-bond donors (Lipinski definition) is 1. The number of hydrogen-bond acceptors (Lipinski definition) is 8. The first kappa shape index (κ1) is 24.0. The number of piperazine rings is 1. The van der Waals surface area contributed by atoms with Crippen molar-refractivity contribution in [3.63, 3.8) is 0 Å². The second kappa shape index (κ2) is 9.75. The molecule has 0 unspecified atom stereocenters. The van der Waals surface area contributed by atoms with Crippen molar-refractivity contribution in [1.82, 2.24) is 19.4 Å². The maximum absolute atomic E-state index is 12.6. The fourth-order valence-corrected chi connectivity index (χ4v) is 6.52. The zero-order valence-corrected chi connectivity index (χ0v) is 21.5.